The lowest BCUT2D eigenvalue weighted by molar-refractivity contribution is -0.126. The third-order valence-electron chi connectivity index (χ3n) is 3.26. The van der Waals surface area contributed by atoms with Crippen LogP contribution in [-0.4, -0.2) is 65.6 Å². The minimum atomic E-state index is -0.864. The van der Waals surface area contributed by atoms with E-state index in [-0.39, 0.29) is 41.3 Å². The molecule has 1 aromatic carbocycles. The average molecular weight is 368 g/mol. The Morgan fingerprint density at radius 1 is 1.36 bits per heavy atom. The number of benzene rings is 1. The lowest BCUT2D eigenvalue weighted by Gasteiger charge is -2.13. The summed E-state index contributed by atoms with van der Waals surface area (Å²) in [6.45, 7) is -0.438. The molecule has 1 heterocycles. The van der Waals surface area contributed by atoms with Crippen molar-refractivity contribution >= 4 is 34.8 Å². The van der Waals surface area contributed by atoms with Gasteiger partial charge in [-0.05, 0) is 12.1 Å². The highest BCUT2D eigenvalue weighted by Gasteiger charge is 2.29. The second-order valence-electron chi connectivity index (χ2n) is 4.91. The fourth-order valence-electron chi connectivity index (χ4n) is 1.98. The zero-order chi connectivity index (χ0) is 18.4. The monoisotopic (exact) mass is 368 g/mol. The maximum absolute atomic E-state index is 11.8. The number of nitrogens with one attached hydrogen (secondary N) is 1. The molecule has 1 fully saturated rings. The Morgan fingerprint density at radius 3 is 2.72 bits per heavy atom. The Morgan fingerprint density at radius 2 is 2.12 bits per heavy atom. The molecular formula is C15H16N2O7S. The second kappa shape index (κ2) is 8.38. The molecule has 0 saturated carbocycles. The molecule has 0 aromatic heterocycles. The number of phenols is 1. The topological polar surface area (TPSA) is 122 Å². The van der Waals surface area contributed by atoms with Gasteiger partial charge in [0, 0.05) is 19.2 Å². The molecule has 1 aromatic rings. The number of methoxy groups -OCH3 is 1. The Kier molecular flexibility index (Phi) is 6.23. The summed E-state index contributed by atoms with van der Waals surface area (Å²) >= 11 is 0.911. The lowest BCUT2D eigenvalue weighted by Crippen LogP contribution is -2.38. The van der Waals surface area contributed by atoms with E-state index in [4.69, 9.17) is 9.47 Å². The van der Waals surface area contributed by atoms with E-state index in [9.17, 15) is 24.3 Å². The number of carbonyl (C=O) groups excluding carboxylic acids is 4. The van der Waals surface area contributed by atoms with E-state index in [0.717, 1.165) is 16.7 Å². The minimum Gasteiger partial charge on any atom is -0.507 e. The molecular weight excluding hydrogens is 352 g/mol. The zero-order valence-corrected chi connectivity index (χ0v) is 14.1. The smallest absolute Gasteiger partial charge is 0.342 e. The van der Waals surface area contributed by atoms with Crippen molar-refractivity contribution in [3.63, 3.8) is 0 Å². The number of carbonyl (C=O) groups is 4. The Balaban J connectivity index is 1.75. The second-order valence-corrected chi connectivity index (χ2v) is 5.84. The van der Waals surface area contributed by atoms with Crippen molar-refractivity contribution < 1.29 is 33.8 Å². The molecule has 0 bridgehead atoms. The van der Waals surface area contributed by atoms with Gasteiger partial charge < -0.3 is 19.9 Å². The molecule has 0 radical (unpaired) electrons. The number of nitrogens with zero attached hydrogens (tertiary/aromatic N) is 1. The SMILES string of the molecule is COc1ccc(C(=O)OCC(=O)NCCN2C(=O)CSC2=O)c(O)c1. The van der Waals surface area contributed by atoms with Gasteiger partial charge in [0.2, 0.25) is 5.91 Å². The quantitative estimate of drug-likeness (QED) is 0.662. The largest absolute Gasteiger partial charge is 0.507 e. The van der Waals surface area contributed by atoms with Gasteiger partial charge in [-0.25, -0.2) is 4.79 Å². The predicted octanol–water partition coefficient (Wildman–Crippen LogP) is 0.369. The standard InChI is InChI=1S/C15H16N2O7S/c1-23-9-2-3-10(11(18)6-9)14(21)24-7-12(19)16-4-5-17-13(20)8-25-15(17)22/h2-3,6,18H,4-5,7-8H2,1H3,(H,16,19). The van der Waals surface area contributed by atoms with Crippen LogP contribution in [0.3, 0.4) is 0 Å². The Hall–Kier alpha value is -2.75. The fraction of sp³-hybridized carbons (Fsp3) is 0.333. The van der Waals surface area contributed by atoms with Gasteiger partial charge in [-0.15, -0.1) is 0 Å². The molecule has 0 aliphatic carbocycles. The Labute approximate surface area is 147 Å². The van der Waals surface area contributed by atoms with Crippen LogP contribution in [0.15, 0.2) is 18.2 Å². The number of esters is 1. The van der Waals surface area contributed by atoms with E-state index in [1.165, 1.54) is 25.3 Å². The summed E-state index contributed by atoms with van der Waals surface area (Å²) in [4.78, 5) is 47.3. The first-order chi connectivity index (χ1) is 11.9. The zero-order valence-electron chi connectivity index (χ0n) is 13.3. The highest BCUT2D eigenvalue weighted by atomic mass is 32.2. The van der Waals surface area contributed by atoms with E-state index in [1.54, 1.807) is 0 Å². The molecule has 0 atom stereocenters. The van der Waals surface area contributed by atoms with Crippen molar-refractivity contribution in [3.8, 4) is 11.5 Å². The van der Waals surface area contributed by atoms with Gasteiger partial charge >= 0.3 is 5.97 Å². The van der Waals surface area contributed by atoms with Gasteiger partial charge in [0.25, 0.3) is 11.1 Å². The number of thioether (sulfide) groups is 1. The van der Waals surface area contributed by atoms with E-state index in [1.807, 2.05) is 0 Å². The molecule has 134 valence electrons. The molecule has 0 unspecified atom stereocenters. The number of aromatic hydroxyl groups is 1. The maximum atomic E-state index is 11.8. The molecule has 2 N–H and O–H groups in total. The van der Waals surface area contributed by atoms with Crippen molar-refractivity contribution in [2.24, 2.45) is 0 Å². The predicted molar refractivity (Wildman–Crippen MR) is 87.5 cm³/mol. The van der Waals surface area contributed by atoms with Gasteiger partial charge in [0.05, 0.1) is 12.9 Å². The number of amides is 3. The van der Waals surface area contributed by atoms with Crippen LogP contribution < -0.4 is 10.1 Å². The van der Waals surface area contributed by atoms with E-state index in [0.29, 0.717) is 5.75 Å². The van der Waals surface area contributed by atoms with E-state index >= 15 is 0 Å². The van der Waals surface area contributed by atoms with Crippen LogP contribution in [0.5, 0.6) is 11.5 Å². The van der Waals surface area contributed by atoms with E-state index < -0.39 is 18.5 Å². The summed E-state index contributed by atoms with van der Waals surface area (Å²) in [6, 6.07) is 4.04. The van der Waals surface area contributed by atoms with Gasteiger partial charge in [0.15, 0.2) is 6.61 Å². The summed E-state index contributed by atoms with van der Waals surface area (Å²) in [7, 11) is 1.42. The first-order valence-electron chi connectivity index (χ1n) is 7.20. The van der Waals surface area contributed by atoms with Crippen LogP contribution >= 0.6 is 11.8 Å². The van der Waals surface area contributed by atoms with Gasteiger partial charge in [-0.1, -0.05) is 11.8 Å². The number of imide groups is 1. The number of rotatable bonds is 7. The third-order valence-corrected chi connectivity index (χ3v) is 4.12. The van der Waals surface area contributed by atoms with Crippen LogP contribution in [-0.2, 0) is 14.3 Å². The minimum absolute atomic E-state index is 0.0577. The average Bonchev–Trinajstić information content (AvgIpc) is 2.91. The van der Waals surface area contributed by atoms with Crippen molar-refractivity contribution in [2.75, 3.05) is 32.6 Å². The molecule has 2 rings (SSSR count). The van der Waals surface area contributed by atoms with Crippen LogP contribution in [0, 0.1) is 0 Å². The third kappa shape index (κ3) is 4.86. The lowest BCUT2D eigenvalue weighted by atomic mass is 10.2. The number of hydrogen-bond donors (Lipinski definition) is 2. The number of hydrogen-bond acceptors (Lipinski definition) is 8. The highest BCUT2D eigenvalue weighted by molar-refractivity contribution is 8.14. The number of phenolic OH excluding ortho intramolecular Hbond substituents is 1. The van der Waals surface area contributed by atoms with Crippen molar-refractivity contribution in [2.45, 2.75) is 0 Å². The molecule has 1 aliphatic heterocycles. The molecule has 1 aliphatic rings. The van der Waals surface area contributed by atoms with Crippen molar-refractivity contribution in [1.29, 1.82) is 0 Å². The van der Waals surface area contributed by atoms with Gasteiger partial charge in [0.1, 0.15) is 17.1 Å². The normalized spacial score (nSPS) is 13.7. The summed E-state index contributed by atoms with van der Waals surface area (Å²) in [5, 5.41) is 11.8. The molecule has 10 heteroatoms. The van der Waals surface area contributed by atoms with Gasteiger partial charge in [-0.2, -0.15) is 0 Å². The van der Waals surface area contributed by atoms with Crippen LogP contribution in [0.1, 0.15) is 10.4 Å². The molecule has 9 nitrogen and oxygen atoms in total. The highest BCUT2D eigenvalue weighted by Crippen LogP contribution is 2.23. The summed E-state index contributed by atoms with van der Waals surface area (Å²) in [5.41, 5.74) is -0.0983. The number of ether oxygens (including phenoxy) is 2. The molecule has 0 spiro atoms. The van der Waals surface area contributed by atoms with E-state index in [2.05, 4.69) is 5.32 Å². The van der Waals surface area contributed by atoms with Crippen molar-refractivity contribution in [1.82, 2.24) is 10.2 Å². The van der Waals surface area contributed by atoms with Gasteiger partial charge in [-0.3, -0.25) is 19.3 Å². The van der Waals surface area contributed by atoms with Crippen LogP contribution in [0.4, 0.5) is 4.79 Å². The first-order valence-corrected chi connectivity index (χ1v) is 8.19. The van der Waals surface area contributed by atoms with Crippen LogP contribution in [0.2, 0.25) is 0 Å². The fourth-order valence-corrected chi connectivity index (χ4v) is 2.73. The van der Waals surface area contributed by atoms with Crippen molar-refractivity contribution in [3.05, 3.63) is 23.8 Å². The summed E-state index contributed by atoms with van der Waals surface area (Å²) < 4.78 is 9.71. The molecule has 1 saturated heterocycles. The molecule has 25 heavy (non-hydrogen) atoms. The molecule has 3 amide bonds. The summed E-state index contributed by atoms with van der Waals surface area (Å²) in [5.74, 6) is -1.60. The maximum Gasteiger partial charge on any atom is 0.342 e. The Bertz CT molecular complexity index is 691. The van der Waals surface area contributed by atoms with Crippen LogP contribution in [0.25, 0.3) is 0 Å². The first kappa shape index (κ1) is 18.6. The summed E-state index contributed by atoms with van der Waals surface area (Å²) in [6.07, 6.45) is 0.